The van der Waals surface area contributed by atoms with Gasteiger partial charge in [-0.3, -0.25) is 9.78 Å². The van der Waals surface area contributed by atoms with Crippen molar-refractivity contribution in [1.82, 2.24) is 15.2 Å². The molecule has 52 heavy (non-hydrogen) atoms. The maximum atomic E-state index is 14.8. The van der Waals surface area contributed by atoms with Crippen molar-refractivity contribution in [1.29, 1.82) is 0 Å². The number of nitrogens with zero attached hydrogens (tertiary/aromatic N) is 2. The highest BCUT2D eigenvalue weighted by Crippen LogP contribution is 2.34. The van der Waals surface area contributed by atoms with Gasteiger partial charge in [0.2, 0.25) is 5.91 Å². The summed E-state index contributed by atoms with van der Waals surface area (Å²) in [6.07, 6.45) is 10.9. The molecule has 2 aromatic carbocycles. The monoisotopic (exact) mass is 735 g/mol. The Bertz CT molecular complexity index is 1420. The van der Waals surface area contributed by atoms with E-state index in [0.29, 0.717) is 24.0 Å². The Morgan fingerprint density at radius 2 is 1.48 bits per heavy atom. The molecule has 288 valence electrons. The van der Waals surface area contributed by atoms with Gasteiger partial charge in [-0.05, 0) is 55.3 Å². The van der Waals surface area contributed by atoms with Crippen LogP contribution in [0.4, 0.5) is 28.0 Å². The van der Waals surface area contributed by atoms with Crippen LogP contribution in [0, 0.1) is 42.0 Å². The molecule has 0 saturated carbocycles. The molecule has 4 N–H and O–H groups in total. The second-order valence-electron chi connectivity index (χ2n) is 10.1. The number of hydrogen-bond donors (Lipinski definition) is 3. The maximum Gasteiger partial charge on any atom is 0.404 e. The minimum absolute atomic E-state index is 0.231. The van der Waals surface area contributed by atoms with E-state index in [2.05, 4.69) is 43.8 Å². The van der Waals surface area contributed by atoms with Crippen molar-refractivity contribution in [2.24, 2.45) is 11.7 Å². The van der Waals surface area contributed by atoms with E-state index in [1.807, 2.05) is 48.3 Å². The molecule has 1 aliphatic heterocycles. The van der Waals surface area contributed by atoms with Gasteiger partial charge in [-0.15, -0.1) is 12.8 Å². The molecule has 0 unspecified atom stereocenters. The standard InChI is InChI=1S/C28H30F4N4O.C2H5NO2.2C2H6.C2H2.2CH2O/c1-17(27(18-3-5-20(29)6-4-18)19-11-21(30)13-22(31)12-19)28(37)35-26-16-34-15-25(32)24(26)8-7-23-14-33-9-10-36(23)2;1-5-2(3)4;5*1-2/h3-6,11-13,15-17,23,27,33H,7-10,14H2,1-2H3,(H,35,37);1H3,(H2,3,4);2*1-2H3;1-2H;2*1H2/t17-,23-,27-;;;;;;/m0....../s1. The fourth-order valence-electron chi connectivity index (χ4n) is 4.91. The molecule has 1 aromatic heterocycles. The highest BCUT2D eigenvalue weighted by molar-refractivity contribution is 5.94. The predicted octanol–water partition coefficient (Wildman–Crippen LogP) is 6.52. The van der Waals surface area contributed by atoms with Crippen molar-refractivity contribution in [3.8, 4) is 12.8 Å². The van der Waals surface area contributed by atoms with E-state index in [-0.39, 0.29) is 17.3 Å². The number of pyridine rings is 1. The molecule has 1 aliphatic rings. The van der Waals surface area contributed by atoms with Crippen LogP contribution in [0.2, 0.25) is 0 Å². The van der Waals surface area contributed by atoms with Gasteiger partial charge in [0.15, 0.2) is 0 Å². The Morgan fingerprint density at radius 3 is 1.96 bits per heavy atom. The summed E-state index contributed by atoms with van der Waals surface area (Å²) in [5.74, 6) is -4.65. The van der Waals surface area contributed by atoms with E-state index in [4.69, 9.17) is 9.59 Å². The molecule has 14 heteroatoms. The Kier molecular flexibility index (Phi) is 30.2. The minimum atomic E-state index is -0.837. The van der Waals surface area contributed by atoms with Crippen LogP contribution < -0.4 is 16.4 Å². The van der Waals surface area contributed by atoms with E-state index in [0.717, 1.165) is 44.0 Å². The molecule has 1 saturated heterocycles. The number of amides is 2. The van der Waals surface area contributed by atoms with Crippen molar-refractivity contribution < 1.29 is 41.5 Å². The van der Waals surface area contributed by atoms with Crippen LogP contribution in [0.25, 0.3) is 0 Å². The molecule has 0 radical (unpaired) electrons. The van der Waals surface area contributed by atoms with Gasteiger partial charge in [-0.25, -0.2) is 22.4 Å². The van der Waals surface area contributed by atoms with E-state index in [1.165, 1.54) is 37.6 Å². The van der Waals surface area contributed by atoms with E-state index >= 15 is 0 Å². The molecule has 10 nitrogen and oxygen atoms in total. The van der Waals surface area contributed by atoms with E-state index < -0.39 is 47.1 Å². The number of benzene rings is 2. The molecule has 2 heterocycles. The molecule has 4 rings (SSSR count). The van der Waals surface area contributed by atoms with Gasteiger partial charge in [0.1, 0.15) is 36.8 Å². The number of rotatable bonds is 8. The third-order valence-electron chi connectivity index (χ3n) is 7.22. The Morgan fingerprint density at radius 1 is 0.962 bits per heavy atom. The number of methoxy groups -OCH3 is 1. The number of carbonyl (C=O) groups is 4. The summed E-state index contributed by atoms with van der Waals surface area (Å²) in [4.78, 5) is 44.9. The topological polar surface area (TPSA) is 144 Å². The molecule has 0 bridgehead atoms. The first-order chi connectivity index (χ1) is 25.0. The summed E-state index contributed by atoms with van der Waals surface area (Å²) in [6, 6.07) is 8.72. The second kappa shape index (κ2) is 30.7. The zero-order chi connectivity index (χ0) is 40.8. The predicted molar refractivity (Wildman–Crippen MR) is 198 cm³/mol. The smallest absolute Gasteiger partial charge is 0.404 e. The number of likely N-dealkylation sites (N-methyl/N-ethyl adjacent to an activating group) is 1. The first kappa shape index (κ1) is 51.2. The van der Waals surface area contributed by atoms with Gasteiger partial charge in [-0.2, -0.15) is 0 Å². The van der Waals surface area contributed by atoms with Crippen molar-refractivity contribution in [2.75, 3.05) is 39.1 Å². The summed E-state index contributed by atoms with van der Waals surface area (Å²) in [5.41, 5.74) is 5.79. The largest absolute Gasteiger partial charge is 0.453 e. The van der Waals surface area contributed by atoms with Gasteiger partial charge in [0, 0.05) is 49.1 Å². The Balaban J connectivity index is -0.00000140. The van der Waals surface area contributed by atoms with Crippen LogP contribution in [0.5, 0.6) is 0 Å². The number of aromatic nitrogens is 1. The molecule has 3 atom stereocenters. The van der Waals surface area contributed by atoms with Crippen LogP contribution >= 0.6 is 0 Å². The first-order valence-corrected chi connectivity index (χ1v) is 16.3. The maximum absolute atomic E-state index is 14.8. The highest BCUT2D eigenvalue weighted by Gasteiger charge is 2.29. The van der Waals surface area contributed by atoms with Crippen LogP contribution in [-0.4, -0.2) is 75.3 Å². The van der Waals surface area contributed by atoms with Gasteiger partial charge < -0.3 is 35.6 Å². The van der Waals surface area contributed by atoms with Crippen molar-refractivity contribution in [3.05, 3.63) is 94.8 Å². The van der Waals surface area contributed by atoms with Gasteiger partial charge >= 0.3 is 6.09 Å². The van der Waals surface area contributed by atoms with Crippen molar-refractivity contribution >= 4 is 31.3 Å². The number of piperazine rings is 1. The third kappa shape index (κ3) is 18.2. The van der Waals surface area contributed by atoms with Crippen LogP contribution in [-0.2, 0) is 25.5 Å². The molecule has 3 aromatic rings. The minimum Gasteiger partial charge on any atom is -0.453 e. The number of hydrogen-bond acceptors (Lipinski definition) is 8. The Hall–Kier alpha value is -5.13. The summed E-state index contributed by atoms with van der Waals surface area (Å²) < 4.78 is 60.5. The van der Waals surface area contributed by atoms with E-state index in [1.54, 1.807) is 6.92 Å². The number of carbonyl (C=O) groups excluding carboxylic acids is 4. The molecule has 0 spiro atoms. The van der Waals surface area contributed by atoms with E-state index in [9.17, 15) is 27.2 Å². The number of primary amides is 1. The number of anilines is 1. The molecule has 1 fully saturated rings. The van der Waals surface area contributed by atoms with Crippen LogP contribution in [0.1, 0.15) is 63.6 Å². The lowest BCUT2D eigenvalue weighted by atomic mass is 9.81. The van der Waals surface area contributed by atoms with Crippen molar-refractivity contribution in [3.63, 3.8) is 0 Å². The fraction of sp³-hybridized carbons (Fsp3) is 0.395. The van der Waals surface area contributed by atoms with Crippen LogP contribution in [0.15, 0.2) is 54.9 Å². The lowest BCUT2D eigenvalue weighted by molar-refractivity contribution is -0.119. The van der Waals surface area contributed by atoms with Crippen LogP contribution in [0.3, 0.4) is 0 Å². The number of ether oxygens (including phenoxy) is 1. The zero-order valence-electron chi connectivity index (χ0n) is 31.1. The fourth-order valence-corrected chi connectivity index (χ4v) is 4.91. The average molecular weight is 736 g/mol. The highest BCUT2D eigenvalue weighted by atomic mass is 19.1. The molecular weight excluding hydrogens is 682 g/mol. The van der Waals surface area contributed by atoms with Gasteiger partial charge in [0.05, 0.1) is 25.2 Å². The SMILES string of the molecule is C#C.C=O.C=O.CC.CC.COC(N)=O.C[C@H](C(=O)Nc1cncc(F)c1CC[C@H]1CNCCN1C)[C@@H](c1ccc(F)cc1)c1cc(F)cc(F)c1. The molecule has 2 amide bonds. The summed E-state index contributed by atoms with van der Waals surface area (Å²) in [7, 11) is 3.26. The average Bonchev–Trinajstić information content (AvgIpc) is 3.17. The second-order valence-corrected chi connectivity index (χ2v) is 10.1. The lowest BCUT2D eigenvalue weighted by Crippen LogP contribution is -2.49. The number of terminal acetylenes is 1. The summed E-state index contributed by atoms with van der Waals surface area (Å²) >= 11 is 0. The van der Waals surface area contributed by atoms with Crippen molar-refractivity contribution in [2.45, 2.75) is 59.4 Å². The quantitative estimate of drug-likeness (QED) is 0.175. The lowest BCUT2D eigenvalue weighted by Gasteiger charge is -2.33. The Labute approximate surface area is 305 Å². The van der Waals surface area contributed by atoms with Gasteiger partial charge in [-0.1, -0.05) is 46.8 Å². The number of nitrogens with two attached hydrogens (primary N) is 1. The molecular formula is C38H53F4N5O5. The number of nitrogens with one attached hydrogen (secondary N) is 2. The summed E-state index contributed by atoms with van der Waals surface area (Å²) in [5, 5.41) is 6.12. The number of halogens is 4. The normalized spacial score (nSPS) is 13.8. The zero-order valence-corrected chi connectivity index (χ0v) is 31.1. The molecule has 0 aliphatic carbocycles. The van der Waals surface area contributed by atoms with Gasteiger partial charge in [0.25, 0.3) is 0 Å². The first-order valence-electron chi connectivity index (χ1n) is 16.3. The third-order valence-corrected chi connectivity index (χ3v) is 7.22. The summed E-state index contributed by atoms with van der Waals surface area (Å²) in [6.45, 7) is 16.2.